The Labute approximate surface area is 74.2 Å². The average Bonchev–Trinajstić information content (AvgIpc) is 2.05. The Morgan fingerprint density at radius 1 is 1.09 bits per heavy atom. The molecule has 1 aromatic carbocycles. The largest absolute Gasteiger partial charge is 0.208 e. The molecule has 0 saturated heterocycles. The summed E-state index contributed by atoms with van der Waals surface area (Å²) in [6.45, 7) is 0. The van der Waals surface area contributed by atoms with Crippen LogP contribution < -0.4 is 0 Å². The molecule has 0 atom stereocenters. The maximum absolute atomic E-state index is 12.3. The van der Waals surface area contributed by atoms with Gasteiger partial charge >= 0.3 is 0 Å². The molecule has 1 aromatic rings. The fraction of sp³-hybridized carbons (Fsp3) is 0. The molecule has 0 aliphatic heterocycles. The van der Waals surface area contributed by atoms with Crippen LogP contribution in [0.2, 0.25) is 0 Å². The van der Waals surface area contributed by atoms with Crippen LogP contribution in [-0.4, -0.2) is 0 Å². The number of hydrogen-bond donors (Lipinski definition) is 0. The smallest absolute Gasteiger partial charge is 0.192 e. The van der Waals surface area contributed by atoms with Crippen LogP contribution in [0, 0.1) is 0 Å². The van der Waals surface area contributed by atoms with Crippen LogP contribution in [0.15, 0.2) is 35.6 Å². The van der Waals surface area contributed by atoms with E-state index >= 15 is 0 Å². The summed E-state index contributed by atoms with van der Waals surface area (Å²) in [7, 11) is 0. The maximum Gasteiger partial charge on any atom is 0.208 e. The first-order valence-electron chi connectivity index (χ1n) is 2.98. The Hall–Kier alpha value is -0.530. The van der Waals surface area contributed by atoms with E-state index in [1.165, 1.54) is 0 Å². The van der Waals surface area contributed by atoms with E-state index in [0.717, 1.165) is 0 Å². The van der Waals surface area contributed by atoms with E-state index in [1.807, 2.05) is 6.07 Å². The van der Waals surface area contributed by atoms with Gasteiger partial charge in [-0.15, -0.1) is 0 Å². The van der Waals surface area contributed by atoms with Crippen molar-refractivity contribution in [2.45, 2.75) is 0 Å². The highest BCUT2D eigenvalue weighted by atomic mass is 35.5. The fourth-order valence-electron chi connectivity index (χ4n) is 0.694. The first-order valence-corrected chi connectivity index (χ1v) is 3.73. The number of halogens is 3. The quantitative estimate of drug-likeness (QED) is 0.633. The van der Waals surface area contributed by atoms with E-state index in [-0.39, 0.29) is 5.03 Å². The van der Waals surface area contributed by atoms with Crippen LogP contribution >= 0.6 is 23.2 Å². The molecule has 0 aliphatic rings. The normalized spacial score (nSPS) is 12.6. The highest BCUT2D eigenvalue weighted by Crippen LogP contribution is 2.25. The second kappa shape index (κ2) is 3.74. The standard InChI is InChI=1S/C8H5Cl2F/c9-7(8(10)11)6-4-2-1-3-5-6/h1-5H. The molecule has 0 unspecified atom stereocenters. The van der Waals surface area contributed by atoms with Crippen molar-refractivity contribution in [3.05, 3.63) is 41.2 Å². The fourth-order valence-corrected chi connectivity index (χ4v) is 0.929. The zero-order valence-corrected chi connectivity index (χ0v) is 7.03. The summed E-state index contributed by atoms with van der Waals surface area (Å²) >= 11 is 10.6. The first-order chi connectivity index (χ1) is 5.22. The topological polar surface area (TPSA) is 0 Å². The third kappa shape index (κ3) is 2.21. The molecule has 0 radical (unpaired) electrons. The van der Waals surface area contributed by atoms with E-state index in [4.69, 9.17) is 23.2 Å². The van der Waals surface area contributed by atoms with Gasteiger partial charge in [0.05, 0.1) is 5.03 Å². The summed E-state index contributed by atoms with van der Waals surface area (Å²) in [4.78, 5) is 0. The molecule has 0 fully saturated rings. The summed E-state index contributed by atoms with van der Waals surface area (Å²) in [5, 5.41) is -0.926. The molecule has 58 valence electrons. The van der Waals surface area contributed by atoms with E-state index in [1.54, 1.807) is 24.3 Å². The molecule has 0 spiro atoms. The Bertz CT molecular complexity index is 263. The van der Waals surface area contributed by atoms with Gasteiger partial charge in [-0.05, 0) is 17.2 Å². The van der Waals surface area contributed by atoms with E-state index in [2.05, 4.69) is 0 Å². The van der Waals surface area contributed by atoms with Crippen molar-refractivity contribution in [1.82, 2.24) is 0 Å². The highest BCUT2D eigenvalue weighted by Gasteiger charge is 2.01. The van der Waals surface area contributed by atoms with Gasteiger partial charge in [0, 0.05) is 0 Å². The lowest BCUT2D eigenvalue weighted by Gasteiger charge is -1.95. The van der Waals surface area contributed by atoms with Crippen LogP contribution in [0.5, 0.6) is 0 Å². The summed E-state index contributed by atoms with van der Waals surface area (Å²) in [5.74, 6) is 0. The second-order valence-corrected chi connectivity index (χ2v) is 2.65. The van der Waals surface area contributed by atoms with Gasteiger partial charge in [0.15, 0.2) is 0 Å². The molecule has 0 heterocycles. The van der Waals surface area contributed by atoms with Crippen molar-refractivity contribution in [3.63, 3.8) is 0 Å². The van der Waals surface area contributed by atoms with Gasteiger partial charge in [0.25, 0.3) is 0 Å². The predicted molar refractivity (Wildman–Crippen MR) is 46.2 cm³/mol. The minimum Gasteiger partial charge on any atom is -0.192 e. The van der Waals surface area contributed by atoms with Crippen molar-refractivity contribution in [1.29, 1.82) is 0 Å². The van der Waals surface area contributed by atoms with Crippen LogP contribution in [0.25, 0.3) is 5.03 Å². The molecule has 3 heteroatoms. The third-order valence-corrected chi connectivity index (χ3v) is 1.86. The molecular formula is C8H5Cl2F. The van der Waals surface area contributed by atoms with Crippen LogP contribution in [0.1, 0.15) is 5.56 Å². The Balaban J connectivity index is 3.04. The zero-order chi connectivity index (χ0) is 8.27. The minimum absolute atomic E-state index is 0.0488. The lowest BCUT2D eigenvalue weighted by Crippen LogP contribution is -1.75. The molecule has 1 rings (SSSR count). The molecule has 0 N–H and O–H groups in total. The van der Waals surface area contributed by atoms with Gasteiger partial charge in [-0.25, -0.2) is 0 Å². The predicted octanol–water partition coefficient (Wildman–Crippen LogP) is 3.76. The molecular weight excluding hydrogens is 186 g/mol. The summed E-state index contributed by atoms with van der Waals surface area (Å²) < 4.78 is 12.3. The third-order valence-electron chi connectivity index (χ3n) is 1.19. The van der Waals surface area contributed by atoms with Gasteiger partial charge in [0.2, 0.25) is 5.29 Å². The molecule has 0 bridgehead atoms. The molecule has 11 heavy (non-hydrogen) atoms. The van der Waals surface area contributed by atoms with E-state index in [0.29, 0.717) is 5.56 Å². The average molecular weight is 191 g/mol. The monoisotopic (exact) mass is 190 g/mol. The molecule has 0 aliphatic carbocycles. The van der Waals surface area contributed by atoms with Gasteiger partial charge < -0.3 is 0 Å². The second-order valence-electron chi connectivity index (χ2n) is 1.94. The first kappa shape index (κ1) is 8.57. The van der Waals surface area contributed by atoms with Gasteiger partial charge in [-0.3, -0.25) is 0 Å². The van der Waals surface area contributed by atoms with Crippen molar-refractivity contribution >= 4 is 28.2 Å². The number of rotatable bonds is 1. The minimum atomic E-state index is -0.877. The van der Waals surface area contributed by atoms with Gasteiger partial charge in [-0.1, -0.05) is 41.9 Å². The summed E-state index contributed by atoms with van der Waals surface area (Å²) in [6, 6.07) is 8.71. The SMILES string of the molecule is FC(Cl)=C(Cl)c1ccccc1. The summed E-state index contributed by atoms with van der Waals surface area (Å²) in [6.07, 6.45) is 0. The maximum atomic E-state index is 12.3. The number of hydrogen-bond acceptors (Lipinski definition) is 0. The zero-order valence-electron chi connectivity index (χ0n) is 5.52. The van der Waals surface area contributed by atoms with Crippen LogP contribution in [-0.2, 0) is 0 Å². The van der Waals surface area contributed by atoms with Gasteiger partial charge in [-0.2, -0.15) is 4.39 Å². The lowest BCUT2D eigenvalue weighted by molar-refractivity contribution is 0.700. The van der Waals surface area contributed by atoms with Crippen molar-refractivity contribution in [2.24, 2.45) is 0 Å². The summed E-state index contributed by atoms with van der Waals surface area (Å²) in [5.41, 5.74) is 0.585. The Morgan fingerprint density at radius 2 is 1.64 bits per heavy atom. The molecule has 0 nitrogen and oxygen atoms in total. The highest BCUT2D eigenvalue weighted by molar-refractivity contribution is 6.54. The number of benzene rings is 1. The van der Waals surface area contributed by atoms with Gasteiger partial charge in [0.1, 0.15) is 0 Å². The van der Waals surface area contributed by atoms with Crippen molar-refractivity contribution in [2.75, 3.05) is 0 Å². The Kier molecular flexibility index (Phi) is 2.92. The van der Waals surface area contributed by atoms with Crippen molar-refractivity contribution in [3.8, 4) is 0 Å². The van der Waals surface area contributed by atoms with Crippen LogP contribution in [0.3, 0.4) is 0 Å². The van der Waals surface area contributed by atoms with E-state index < -0.39 is 5.29 Å². The molecule has 0 aromatic heterocycles. The lowest BCUT2D eigenvalue weighted by atomic mass is 10.2. The van der Waals surface area contributed by atoms with E-state index in [9.17, 15) is 4.39 Å². The molecule has 0 saturated carbocycles. The Morgan fingerprint density at radius 3 is 2.09 bits per heavy atom. The molecule has 0 amide bonds. The van der Waals surface area contributed by atoms with Crippen LogP contribution in [0.4, 0.5) is 4.39 Å². The van der Waals surface area contributed by atoms with Crippen molar-refractivity contribution < 1.29 is 4.39 Å².